The predicted molar refractivity (Wildman–Crippen MR) is 75.4 cm³/mol. The van der Waals surface area contributed by atoms with Crippen LogP contribution in [0.3, 0.4) is 0 Å². The molecule has 0 aromatic rings. The first-order valence-electron chi connectivity index (χ1n) is 7.38. The van der Waals surface area contributed by atoms with E-state index in [2.05, 4.69) is 5.32 Å². The Kier molecular flexibility index (Phi) is 6.09. The van der Waals surface area contributed by atoms with Crippen molar-refractivity contribution in [2.75, 3.05) is 13.2 Å². The lowest BCUT2D eigenvalue weighted by Crippen LogP contribution is -2.52. The fourth-order valence-corrected chi connectivity index (χ4v) is 2.33. The maximum atomic E-state index is 13.3. The van der Waals surface area contributed by atoms with Crippen LogP contribution >= 0.6 is 0 Å². The molecule has 0 atom stereocenters. The first-order chi connectivity index (χ1) is 9.95. The highest BCUT2D eigenvalue weighted by atomic mass is 19.4. The van der Waals surface area contributed by atoms with E-state index in [0.717, 1.165) is 0 Å². The van der Waals surface area contributed by atoms with Crippen molar-refractivity contribution in [1.82, 2.24) is 5.32 Å². The Bertz CT molecular complexity index is 373. The Hall–Kier alpha value is -1.02. The number of carbonyl (C=O) groups is 1. The van der Waals surface area contributed by atoms with Gasteiger partial charge >= 0.3 is 12.3 Å². The molecule has 1 saturated carbocycles. The molecule has 1 fully saturated rings. The molecule has 130 valence electrons. The van der Waals surface area contributed by atoms with E-state index in [4.69, 9.17) is 15.2 Å². The molecule has 0 bridgehead atoms. The number of nitrogens with two attached hydrogens (primary N) is 1. The van der Waals surface area contributed by atoms with E-state index in [1.807, 2.05) is 0 Å². The molecule has 0 aromatic heterocycles. The first kappa shape index (κ1) is 19.0. The van der Waals surface area contributed by atoms with Crippen molar-refractivity contribution in [3.05, 3.63) is 0 Å². The number of alkyl halides is 3. The number of carbonyl (C=O) groups excluding carboxylic acids is 1. The minimum Gasteiger partial charge on any atom is -0.444 e. The average Bonchev–Trinajstić information content (AvgIpc) is 2.33. The molecule has 0 aliphatic heterocycles. The SMILES string of the molecule is CC(C)(C)OC(=O)NCCOC1(C(F)(F)F)CCC(N)CC1. The zero-order chi connectivity index (χ0) is 17.0. The molecule has 22 heavy (non-hydrogen) atoms. The van der Waals surface area contributed by atoms with Crippen LogP contribution in [0.4, 0.5) is 18.0 Å². The minimum atomic E-state index is -4.45. The molecule has 0 unspecified atom stereocenters. The van der Waals surface area contributed by atoms with Gasteiger partial charge in [-0.2, -0.15) is 13.2 Å². The number of halogens is 3. The van der Waals surface area contributed by atoms with Crippen LogP contribution in [0.25, 0.3) is 0 Å². The third kappa shape index (κ3) is 5.64. The number of nitrogens with one attached hydrogen (secondary N) is 1. The summed E-state index contributed by atoms with van der Waals surface area (Å²) in [5.74, 6) is 0. The van der Waals surface area contributed by atoms with E-state index in [9.17, 15) is 18.0 Å². The lowest BCUT2D eigenvalue weighted by atomic mass is 9.81. The highest BCUT2D eigenvalue weighted by molar-refractivity contribution is 5.67. The van der Waals surface area contributed by atoms with Gasteiger partial charge in [-0.1, -0.05) is 0 Å². The fourth-order valence-electron chi connectivity index (χ4n) is 2.33. The third-order valence-corrected chi connectivity index (χ3v) is 3.50. The summed E-state index contributed by atoms with van der Waals surface area (Å²) in [5, 5.41) is 2.38. The van der Waals surface area contributed by atoms with Gasteiger partial charge in [0.2, 0.25) is 0 Å². The van der Waals surface area contributed by atoms with E-state index in [1.165, 1.54) is 0 Å². The number of hydrogen-bond acceptors (Lipinski definition) is 4. The van der Waals surface area contributed by atoms with Crippen molar-refractivity contribution in [2.24, 2.45) is 5.73 Å². The largest absolute Gasteiger partial charge is 0.444 e. The third-order valence-electron chi connectivity index (χ3n) is 3.50. The normalized spacial score (nSPS) is 26.6. The summed E-state index contributed by atoms with van der Waals surface area (Å²) < 4.78 is 49.9. The monoisotopic (exact) mass is 326 g/mol. The Morgan fingerprint density at radius 2 is 1.82 bits per heavy atom. The van der Waals surface area contributed by atoms with Crippen LogP contribution in [0.2, 0.25) is 0 Å². The molecule has 5 nitrogen and oxygen atoms in total. The number of hydrogen-bond donors (Lipinski definition) is 2. The molecule has 3 N–H and O–H groups in total. The zero-order valence-corrected chi connectivity index (χ0v) is 13.3. The summed E-state index contributed by atoms with van der Waals surface area (Å²) in [7, 11) is 0. The topological polar surface area (TPSA) is 73.6 Å². The second-order valence-corrected chi connectivity index (χ2v) is 6.61. The summed E-state index contributed by atoms with van der Waals surface area (Å²) in [6.07, 6.45) is -4.87. The Balaban J connectivity index is 2.44. The van der Waals surface area contributed by atoms with Crippen molar-refractivity contribution >= 4 is 6.09 Å². The molecule has 0 spiro atoms. The van der Waals surface area contributed by atoms with Gasteiger partial charge in [0.25, 0.3) is 0 Å². The van der Waals surface area contributed by atoms with Crippen LogP contribution in [0.15, 0.2) is 0 Å². The van der Waals surface area contributed by atoms with Crippen LogP contribution in [0.1, 0.15) is 46.5 Å². The number of alkyl carbamates (subject to hydrolysis) is 1. The first-order valence-corrected chi connectivity index (χ1v) is 7.38. The van der Waals surface area contributed by atoms with Crippen LogP contribution < -0.4 is 11.1 Å². The van der Waals surface area contributed by atoms with E-state index in [1.54, 1.807) is 20.8 Å². The molecule has 0 heterocycles. The number of ether oxygens (including phenoxy) is 2. The Labute approximate surface area is 128 Å². The van der Waals surface area contributed by atoms with Crippen molar-refractivity contribution in [1.29, 1.82) is 0 Å². The molecule has 0 radical (unpaired) electrons. The molecule has 1 amide bonds. The van der Waals surface area contributed by atoms with Gasteiger partial charge in [0.15, 0.2) is 5.60 Å². The summed E-state index contributed by atoms with van der Waals surface area (Å²) in [6, 6.07) is -0.209. The molecule has 1 rings (SSSR count). The second kappa shape index (κ2) is 7.04. The quantitative estimate of drug-likeness (QED) is 0.779. The summed E-state index contributed by atoms with van der Waals surface area (Å²) in [5.41, 5.74) is 2.85. The van der Waals surface area contributed by atoms with Gasteiger partial charge in [-0.3, -0.25) is 0 Å². The van der Waals surface area contributed by atoms with Crippen molar-refractivity contribution in [2.45, 2.75) is 69.9 Å². The molecule has 1 aliphatic rings. The predicted octanol–water partition coefficient (Wildman–Crippen LogP) is 2.73. The van der Waals surface area contributed by atoms with Gasteiger partial charge in [-0.25, -0.2) is 4.79 Å². The molecule has 1 aliphatic carbocycles. The van der Waals surface area contributed by atoms with Crippen LogP contribution in [-0.2, 0) is 9.47 Å². The minimum absolute atomic E-state index is 0.0429. The van der Waals surface area contributed by atoms with Gasteiger partial charge in [0.1, 0.15) is 5.60 Å². The lowest BCUT2D eigenvalue weighted by molar-refractivity contribution is -0.287. The van der Waals surface area contributed by atoms with Gasteiger partial charge in [-0.15, -0.1) is 0 Å². The molecule has 0 saturated heterocycles. The maximum Gasteiger partial charge on any atom is 0.417 e. The van der Waals surface area contributed by atoms with E-state index >= 15 is 0 Å². The van der Waals surface area contributed by atoms with Gasteiger partial charge in [0, 0.05) is 12.6 Å². The van der Waals surface area contributed by atoms with E-state index in [0.29, 0.717) is 0 Å². The van der Waals surface area contributed by atoms with Crippen LogP contribution in [0.5, 0.6) is 0 Å². The fraction of sp³-hybridized carbons (Fsp3) is 0.929. The van der Waals surface area contributed by atoms with E-state index < -0.39 is 23.5 Å². The standard InChI is InChI=1S/C14H25F3N2O3/c1-12(2,3)22-11(20)19-8-9-21-13(14(15,16)17)6-4-10(18)5-7-13/h10H,4-9,18H2,1-3H3,(H,19,20). The second-order valence-electron chi connectivity index (χ2n) is 6.61. The van der Waals surface area contributed by atoms with Gasteiger partial charge in [0.05, 0.1) is 6.61 Å². The summed E-state index contributed by atoms with van der Waals surface area (Å²) >= 11 is 0. The van der Waals surface area contributed by atoms with E-state index in [-0.39, 0.29) is 44.9 Å². The molecule has 0 aromatic carbocycles. The lowest BCUT2D eigenvalue weighted by Gasteiger charge is -2.40. The molecular formula is C14H25F3N2O3. The number of amides is 1. The highest BCUT2D eigenvalue weighted by Crippen LogP contribution is 2.44. The van der Waals surface area contributed by atoms with Gasteiger partial charge in [-0.05, 0) is 46.5 Å². The van der Waals surface area contributed by atoms with Crippen molar-refractivity contribution < 1.29 is 27.4 Å². The van der Waals surface area contributed by atoms with Crippen LogP contribution in [-0.4, -0.2) is 42.7 Å². The Morgan fingerprint density at radius 3 is 2.27 bits per heavy atom. The highest BCUT2D eigenvalue weighted by Gasteiger charge is 2.56. The van der Waals surface area contributed by atoms with Crippen molar-refractivity contribution in [3.63, 3.8) is 0 Å². The maximum absolute atomic E-state index is 13.3. The smallest absolute Gasteiger partial charge is 0.417 e. The molecular weight excluding hydrogens is 301 g/mol. The summed E-state index contributed by atoms with van der Waals surface area (Å²) in [6.45, 7) is 4.83. The molecule has 8 heteroatoms. The number of rotatable bonds is 4. The zero-order valence-electron chi connectivity index (χ0n) is 13.3. The average molecular weight is 326 g/mol. The van der Waals surface area contributed by atoms with Gasteiger partial charge < -0.3 is 20.5 Å². The van der Waals surface area contributed by atoms with Crippen LogP contribution in [0, 0.1) is 0 Å². The van der Waals surface area contributed by atoms with Crippen molar-refractivity contribution in [3.8, 4) is 0 Å². The Morgan fingerprint density at radius 1 is 1.27 bits per heavy atom. The summed E-state index contributed by atoms with van der Waals surface area (Å²) in [4.78, 5) is 11.4.